The molecule has 19 heavy (non-hydrogen) atoms. The fourth-order valence-electron chi connectivity index (χ4n) is 2.29. The lowest BCUT2D eigenvalue weighted by Crippen LogP contribution is -2.37. The first-order valence-electron chi connectivity index (χ1n) is 6.25. The maximum atomic E-state index is 11.9. The van der Waals surface area contributed by atoms with E-state index in [1.807, 2.05) is 24.3 Å². The van der Waals surface area contributed by atoms with E-state index in [1.165, 1.54) is 0 Å². The Morgan fingerprint density at radius 1 is 1.47 bits per heavy atom. The molecule has 2 unspecified atom stereocenters. The number of carbonyl (C=O) groups excluding carboxylic acids is 2. The summed E-state index contributed by atoms with van der Waals surface area (Å²) in [6, 6.07) is 6.79. The van der Waals surface area contributed by atoms with Crippen molar-refractivity contribution in [3.63, 3.8) is 0 Å². The second-order valence-electron chi connectivity index (χ2n) is 4.38. The monoisotopic (exact) mass is 263 g/mol. The molecule has 5 heteroatoms. The molecule has 1 saturated heterocycles. The lowest BCUT2D eigenvalue weighted by atomic mass is 9.91. The van der Waals surface area contributed by atoms with Gasteiger partial charge in [-0.15, -0.1) is 0 Å². The summed E-state index contributed by atoms with van der Waals surface area (Å²) in [5, 5.41) is 2.67. The van der Waals surface area contributed by atoms with E-state index < -0.39 is 6.04 Å². The number of hydrogen-bond donors (Lipinski definition) is 1. The van der Waals surface area contributed by atoms with Gasteiger partial charge in [0.25, 0.3) is 0 Å². The van der Waals surface area contributed by atoms with Gasteiger partial charge in [0.1, 0.15) is 11.8 Å². The molecule has 0 saturated carbocycles. The van der Waals surface area contributed by atoms with Crippen LogP contribution in [0.2, 0.25) is 0 Å². The van der Waals surface area contributed by atoms with E-state index in [-0.39, 0.29) is 24.2 Å². The smallest absolute Gasteiger partial charge is 0.329 e. The van der Waals surface area contributed by atoms with Crippen LogP contribution in [0.25, 0.3) is 0 Å². The van der Waals surface area contributed by atoms with Gasteiger partial charge in [0, 0.05) is 12.3 Å². The number of nitrogens with one attached hydrogen (secondary N) is 1. The molecule has 5 nitrogen and oxygen atoms in total. The van der Waals surface area contributed by atoms with Gasteiger partial charge in [0.15, 0.2) is 0 Å². The Kier molecular flexibility index (Phi) is 4.04. The quantitative estimate of drug-likeness (QED) is 0.830. The van der Waals surface area contributed by atoms with Crippen LogP contribution in [0.5, 0.6) is 5.75 Å². The van der Waals surface area contributed by atoms with Gasteiger partial charge in [-0.05, 0) is 24.6 Å². The average Bonchev–Trinajstić information content (AvgIpc) is 2.81. The summed E-state index contributed by atoms with van der Waals surface area (Å²) in [5.41, 5.74) is 0.899. The van der Waals surface area contributed by atoms with Crippen molar-refractivity contribution < 1.29 is 19.1 Å². The molecule has 1 aromatic carbocycles. The zero-order chi connectivity index (χ0) is 13.8. The molecular weight excluding hydrogens is 246 g/mol. The summed E-state index contributed by atoms with van der Waals surface area (Å²) < 4.78 is 10.2. The van der Waals surface area contributed by atoms with Crippen LogP contribution < -0.4 is 10.1 Å². The minimum absolute atomic E-state index is 0.133. The molecule has 1 amide bonds. The first kappa shape index (κ1) is 13.4. The minimum atomic E-state index is -0.612. The molecule has 2 rings (SSSR count). The van der Waals surface area contributed by atoms with Crippen molar-refractivity contribution in [1.82, 2.24) is 5.32 Å². The molecular formula is C14H17NO4. The summed E-state index contributed by atoms with van der Waals surface area (Å²) in [7, 11) is 1.58. The summed E-state index contributed by atoms with van der Waals surface area (Å²) in [4.78, 5) is 23.4. The third kappa shape index (κ3) is 2.86. The van der Waals surface area contributed by atoms with E-state index in [1.54, 1.807) is 14.0 Å². The Bertz CT molecular complexity index is 486. The zero-order valence-corrected chi connectivity index (χ0v) is 11.0. The summed E-state index contributed by atoms with van der Waals surface area (Å²) >= 11 is 0. The zero-order valence-electron chi connectivity index (χ0n) is 11.0. The molecule has 2 atom stereocenters. The first-order valence-corrected chi connectivity index (χ1v) is 6.25. The molecule has 0 spiro atoms. The summed E-state index contributed by atoms with van der Waals surface area (Å²) in [5.74, 6) is -0.0202. The topological polar surface area (TPSA) is 64.6 Å². The number of benzene rings is 1. The van der Waals surface area contributed by atoms with Gasteiger partial charge in [-0.1, -0.05) is 12.1 Å². The molecule has 1 fully saturated rings. The third-order valence-electron chi connectivity index (χ3n) is 3.19. The van der Waals surface area contributed by atoms with Crippen molar-refractivity contribution in [1.29, 1.82) is 0 Å². The van der Waals surface area contributed by atoms with Crippen LogP contribution in [-0.4, -0.2) is 31.6 Å². The van der Waals surface area contributed by atoms with Crippen LogP contribution in [0, 0.1) is 0 Å². The molecule has 1 heterocycles. The van der Waals surface area contributed by atoms with Gasteiger partial charge in [0.2, 0.25) is 5.91 Å². The van der Waals surface area contributed by atoms with Gasteiger partial charge >= 0.3 is 5.97 Å². The number of methoxy groups -OCH3 is 1. The van der Waals surface area contributed by atoms with Crippen molar-refractivity contribution in [3.05, 3.63) is 29.8 Å². The summed E-state index contributed by atoms with van der Waals surface area (Å²) in [6.07, 6.45) is 0.288. The molecule has 1 aromatic rings. The Balaban J connectivity index is 2.24. The van der Waals surface area contributed by atoms with Gasteiger partial charge < -0.3 is 14.8 Å². The first-order chi connectivity index (χ1) is 9.15. The normalized spacial score (nSPS) is 21.9. The van der Waals surface area contributed by atoms with Crippen molar-refractivity contribution in [2.24, 2.45) is 0 Å². The second-order valence-corrected chi connectivity index (χ2v) is 4.38. The number of ether oxygens (including phenoxy) is 2. The van der Waals surface area contributed by atoms with Crippen molar-refractivity contribution in [2.45, 2.75) is 25.3 Å². The van der Waals surface area contributed by atoms with E-state index >= 15 is 0 Å². The van der Waals surface area contributed by atoms with Crippen LogP contribution in [0.4, 0.5) is 0 Å². The van der Waals surface area contributed by atoms with E-state index in [0.717, 1.165) is 5.56 Å². The highest BCUT2D eigenvalue weighted by Gasteiger charge is 2.39. The predicted octanol–water partition coefficient (Wildman–Crippen LogP) is 1.23. The van der Waals surface area contributed by atoms with Crippen molar-refractivity contribution in [2.75, 3.05) is 13.7 Å². The van der Waals surface area contributed by atoms with E-state index in [0.29, 0.717) is 12.4 Å². The standard InChI is InChI=1S/C14H17NO4/c1-3-19-14(17)13-11(8-12(16)15-13)9-5-4-6-10(7-9)18-2/h4-7,11,13H,3,8H2,1-2H3,(H,15,16). The average molecular weight is 263 g/mol. The highest BCUT2D eigenvalue weighted by Crippen LogP contribution is 2.31. The van der Waals surface area contributed by atoms with Crippen LogP contribution in [-0.2, 0) is 14.3 Å². The molecule has 0 aromatic heterocycles. The van der Waals surface area contributed by atoms with Crippen molar-refractivity contribution >= 4 is 11.9 Å². The summed E-state index contributed by atoms with van der Waals surface area (Å²) in [6.45, 7) is 2.05. The molecule has 0 radical (unpaired) electrons. The lowest BCUT2D eigenvalue weighted by molar-refractivity contribution is -0.146. The fraction of sp³-hybridized carbons (Fsp3) is 0.429. The van der Waals surface area contributed by atoms with E-state index in [4.69, 9.17) is 9.47 Å². The molecule has 1 N–H and O–H groups in total. The molecule has 0 aliphatic carbocycles. The molecule has 102 valence electrons. The molecule has 1 aliphatic heterocycles. The number of carbonyl (C=O) groups is 2. The van der Waals surface area contributed by atoms with E-state index in [2.05, 4.69) is 5.32 Å². The highest BCUT2D eigenvalue weighted by atomic mass is 16.5. The minimum Gasteiger partial charge on any atom is -0.497 e. The largest absolute Gasteiger partial charge is 0.497 e. The van der Waals surface area contributed by atoms with Gasteiger partial charge in [-0.2, -0.15) is 0 Å². The van der Waals surface area contributed by atoms with Gasteiger partial charge in [-0.25, -0.2) is 4.79 Å². The van der Waals surface area contributed by atoms with Crippen molar-refractivity contribution in [3.8, 4) is 5.75 Å². The van der Waals surface area contributed by atoms with Crippen LogP contribution >= 0.6 is 0 Å². The van der Waals surface area contributed by atoms with Crippen LogP contribution in [0.3, 0.4) is 0 Å². The van der Waals surface area contributed by atoms with Crippen LogP contribution in [0.15, 0.2) is 24.3 Å². The Morgan fingerprint density at radius 3 is 2.95 bits per heavy atom. The van der Waals surface area contributed by atoms with Gasteiger partial charge in [-0.3, -0.25) is 4.79 Å². The fourth-order valence-corrected chi connectivity index (χ4v) is 2.29. The maximum absolute atomic E-state index is 11.9. The third-order valence-corrected chi connectivity index (χ3v) is 3.19. The number of amides is 1. The van der Waals surface area contributed by atoms with E-state index in [9.17, 15) is 9.59 Å². The number of hydrogen-bond acceptors (Lipinski definition) is 4. The van der Waals surface area contributed by atoms with Gasteiger partial charge in [0.05, 0.1) is 13.7 Å². The predicted molar refractivity (Wildman–Crippen MR) is 68.9 cm³/mol. The van der Waals surface area contributed by atoms with Crippen LogP contribution in [0.1, 0.15) is 24.8 Å². The second kappa shape index (κ2) is 5.73. The molecule has 1 aliphatic rings. The maximum Gasteiger partial charge on any atom is 0.329 e. The Labute approximate surface area is 111 Å². The molecule has 0 bridgehead atoms. The number of esters is 1. The lowest BCUT2D eigenvalue weighted by Gasteiger charge is -2.18. The number of rotatable bonds is 4. The Morgan fingerprint density at radius 2 is 2.26 bits per heavy atom. The Hall–Kier alpha value is -2.04. The SMILES string of the molecule is CCOC(=O)C1NC(=O)CC1c1cccc(OC)c1. The highest BCUT2D eigenvalue weighted by molar-refractivity contribution is 5.90.